The summed E-state index contributed by atoms with van der Waals surface area (Å²) in [6.07, 6.45) is -5.29. The van der Waals surface area contributed by atoms with Crippen LogP contribution < -0.4 is 5.32 Å². The summed E-state index contributed by atoms with van der Waals surface area (Å²) in [6, 6.07) is 0. The first-order valence-electron chi connectivity index (χ1n) is 4.70. The molecule has 0 spiro atoms. The van der Waals surface area contributed by atoms with Crippen molar-refractivity contribution < 1.29 is 13.2 Å². The Balaban J connectivity index is 2.89. The second-order valence-corrected chi connectivity index (χ2v) is 3.01. The maximum Gasteiger partial charge on any atom is 0.396 e. The Morgan fingerprint density at radius 2 is 1.93 bits per heavy atom. The van der Waals surface area contributed by atoms with E-state index in [1.807, 2.05) is 6.92 Å². The highest BCUT2D eigenvalue weighted by Gasteiger charge is 2.31. The molecule has 0 atom stereocenters. The van der Waals surface area contributed by atoms with Crippen LogP contribution in [-0.4, -0.2) is 27.5 Å². The lowest BCUT2D eigenvalue weighted by Gasteiger charge is -2.09. The van der Waals surface area contributed by atoms with Gasteiger partial charge in [0.1, 0.15) is 12.2 Å². The van der Waals surface area contributed by atoms with Crippen molar-refractivity contribution >= 4 is 5.95 Å². The van der Waals surface area contributed by atoms with Crippen LogP contribution in [0.5, 0.6) is 0 Å². The highest BCUT2D eigenvalue weighted by molar-refractivity contribution is 5.25. The molecular formula is C8H13F3N4. The predicted molar refractivity (Wildman–Crippen MR) is 49.6 cm³/mol. The number of aromatic nitrogens is 3. The molecule has 1 aromatic rings. The van der Waals surface area contributed by atoms with Crippen molar-refractivity contribution in [1.29, 1.82) is 0 Å². The van der Waals surface area contributed by atoms with Gasteiger partial charge in [0.05, 0.1) is 0 Å². The zero-order valence-corrected chi connectivity index (χ0v) is 8.60. The molecule has 0 aliphatic carbocycles. The highest BCUT2D eigenvalue weighted by Crippen LogP contribution is 2.21. The first kappa shape index (κ1) is 11.8. The van der Waals surface area contributed by atoms with Crippen molar-refractivity contribution in [1.82, 2.24) is 14.8 Å². The first-order valence-corrected chi connectivity index (χ1v) is 4.70. The van der Waals surface area contributed by atoms with Gasteiger partial charge in [0.2, 0.25) is 5.95 Å². The molecule has 15 heavy (non-hydrogen) atoms. The molecule has 1 aromatic heterocycles. The Morgan fingerprint density at radius 3 is 2.40 bits per heavy atom. The molecular weight excluding hydrogens is 209 g/mol. The number of hydrogen-bond acceptors (Lipinski definition) is 3. The number of nitrogens with one attached hydrogen (secondary N) is 1. The molecule has 0 aromatic carbocycles. The summed E-state index contributed by atoms with van der Waals surface area (Å²) in [7, 11) is 0. The van der Waals surface area contributed by atoms with Crippen LogP contribution in [0.4, 0.5) is 19.1 Å². The molecule has 0 radical (unpaired) electrons. The molecule has 1 N–H and O–H groups in total. The molecule has 0 amide bonds. The molecule has 4 nitrogen and oxygen atoms in total. The van der Waals surface area contributed by atoms with E-state index >= 15 is 0 Å². The summed E-state index contributed by atoms with van der Waals surface area (Å²) >= 11 is 0. The van der Waals surface area contributed by atoms with E-state index in [0.717, 1.165) is 0 Å². The highest BCUT2D eigenvalue weighted by atomic mass is 19.4. The van der Waals surface area contributed by atoms with E-state index in [2.05, 4.69) is 15.5 Å². The van der Waals surface area contributed by atoms with Gasteiger partial charge >= 0.3 is 6.18 Å². The fourth-order valence-electron chi connectivity index (χ4n) is 1.27. The number of hydrogen-bond donors (Lipinski definition) is 1. The quantitative estimate of drug-likeness (QED) is 0.845. The van der Waals surface area contributed by atoms with Gasteiger partial charge in [0, 0.05) is 13.1 Å². The zero-order valence-electron chi connectivity index (χ0n) is 8.60. The summed E-state index contributed by atoms with van der Waals surface area (Å²) < 4.78 is 37.9. The largest absolute Gasteiger partial charge is 0.396 e. The molecule has 0 saturated heterocycles. The topological polar surface area (TPSA) is 42.7 Å². The van der Waals surface area contributed by atoms with Crippen LogP contribution in [0.1, 0.15) is 19.7 Å². The number of rotatable bonds is 4. The minimum Gasteiger partial charge on any atom is -0.355 e. The number of nitrogens with zero attached hydrogens (tertiary/aromatic N) is 3. The van der Waals surface area contributed by atoms with E-state index in [4.69, 9.17) is 0 Å². The van der Waals surface area contributed by atoms with Crippen molar-refractivity contribution in [3.8, 4) is 0 Å². The lowest BCUT2D eigenvalue weighted by Crippen LogP contribution is -2.17. The Hall–Kier alpha value is -1.27. The first-order chi connectivity index (χ1) is 6.98. The van der Waals surface area contributed by atoms with Gasteiger partial charge in [-0.05, 0) is 13.8 Å². The van der Waals surface area contributed by atoms with Gasteiger partial charge in [-0.3, -0.25) is 4.57 Å². The van der Waals surface area contributed by atoms with Crippen molar-refractivity contribution in [2.75, 3.05) is 11.9 Å². The molecule has 7 heteroatoms. The molecule has 1 rings (SSSR count). The molecule has 0 bridgehead atoms. The summed E-state index contributed by atoms with van der Waals surface area (Å²) in [4.78, 5) is 0. The Kier molecular flexibility index (Phi) is 3.54. The molecule has 86 valence electrons. The molecule has 0 aliphatic heterocycles. The molecule has 0 aliphatic rings. The van der Waals surface area contributed by atoms with E-state index in [0.29, 0.717) is 19.0 Å². The maximum atomic E-state index is 12.2. The van der Waals surface area contributed by atoms with E-state index < -0.39 is 12.6 Å². The number of halogens is 3. The van der Waals surface area contributed by atoms with Crippen LogP contribution >= 0.6 is 0 Å². The third-order valence-corrected chi connectivity index (χ3v) is 1.84. The van der Waals surface area contributed by atoms with Crippen molar-refractivity contribution in [2.45, 2.75) is 33.0 Å². The van der Waals surface area contributed by atoms with Crippen molar-refractivity contribution in [2.24, 2.45) is 0 Å². The zero-order chi connectivity index (χ0) is 11.5. The van der Waals surface area contributed by atoms with Crippen molar-refractivity contribution in [3.63, 3.8) is 0 Å². The molecule has 1 heterocycles. The number of anilines is 1. The van der Waals surface area contributed by atoms with Crippen LogP contribution in [0, 0.1) is 0 Å². The second kappa shape index (κ2) is 4.50. The number of alkyl halides is 3. The Bertz CT molecular complexity index is 318. The van der Waals surface area contributed by atoms with Crippen LogP contribution in [0.3, 0.4) is 0 Å². The third-order valence-electron chi connectivity index (χ3n) is 1.84. The van der Waals surface area contributed by atoms with E-state index in [1.165, 1.54) is 4.57 Å². The fourth-order valence-corrected chi connectivity index (χ4v) is 1.27. The van der Waals surface area contributed by atoms with Gasteiger partial charge in [0.25, 0.3) is 0 Å². The van der Waals surface area contributed by atoms with E-state index in [1.54, 1.807) is 6.92 Å². The smallest absolute Gasteiger partial charge is 0.355 e. The van der Waals surface area contributed by atoms with Gasteiger partial charge < -0.3 is 5.32 Å². The van der Waals surface area contributed by atoms with Gasteiger partial charge in [-0.1, -0.05) is 0 Å². The second-order valence-electron chi connectivity index (χ2n) is 3.01. The average Bonchev–Trinajstić information content (AvgIpc) is 2.45. The Morgan fingerprint density at radius 1 is 1.27 bits per heavy atom. The van der Waals surface area contributed by atoms with Crippen LogP contribution in [-0.2, 0) is 13.0 Å². The van der Waals surface area contributed by atoms with Gasteiger partial charge in [-0.2, -0.15) is 13.2 Å². The normalized spacial score (nSPS) is 11.8. The maximum absolute atomic E-state index is 12.2. The Labute approximate surface area is 85.5 Å². The standard InChI is InChI=1S/C8H13F3N4/c1-3-12-7-14-13-6(15(7)4-2)5-8(9,10)11/h3-5H2,1-2H3,(H,12,14). The summed E-state index contributed by atoms with van der Waals surface area (Å²) in [5.41, 5.74) is 0. The minimum atomic E-state index is -4.25. The summed E-state index contributed by atoms with van der Waals surface area (Å²) in [5, 5.41) is 10.0. The SMILES string of the molecule is CCNc1nnc(CC(F)(F)F)n1CC. The summed E-state index contributed by atoms with van der Waals surface area (Å²) in [6.45, 7) is 4.62. The van der Waals surface area contributed by atoms with Crippen LogP contribution in [0.25, 0.3) is 0 Å². The monoisotopic (exact) mass is 222 g/mol. The van der Waals surface area contributed by atoms with Crippen LogP contribution in [0.2, 0.25) is 0 Å². The molecule has 0 saturated carbocycles. The van der Waals surface area contributed by atoms with E-state index in [-0.39, 0.29) is 5.82 Å². The fraction of sp³-hybridized carbons (Fsp3) is 0.750. The summed E-state index contributed by atoms with van der Waals surface area (Å²) in [5.74, 6) is 0.334. The van der Waals surface area contributed by atoms with Crippen LogP contribution in [0.15, 0.2) is 0 Å². The van der Waals surface area contributed by atoms with E-state index in [9.17, 15) is 13.2 Å². The lowest BCUT2D eigenvalue weighted by molar-refractivity contribution is -0.129. The average molecular weight is 222 g/mol. The lowest BCUT2D eigenvalue weighted by atomic mass is 10.4. The minimum absolute atomic E-state index is 0.0547. The van der Waals surface area contributed by atoms with Gasteiger partial charge in [0.15, 0.2) is 0 Å². The molecule has 0 fully saturated rings. The van der Waals surface area contributed by atoms with Gasteiger partial charge in [-0.25, -0.2) is 0 Å². The predicted octanol–water partition coefficient (Wildman–Crippen LogP) is 1.83. The van der Waals surface area contributed by atoms with Crippen molar-refractivity contribution in [3.05, 3.63) is 5.82 Å². The third kappa shape index (κ3) is 3.10. The van der Waals surface area contributed by atoms with Gasteiger partial charge in [-0.15, -0.1) is 10.2 Å². The molecule has 0 unspecified atom stereocenters.